The Morgan fingerprint density at radius 2 is 2.13 bits per heavy atom. The third kappa shape index (κ3) is 2.85. The summed E-state index contributed by atoms with van der Waals surface area (Å²) in [6.45, 7) is 1.75. The van der Waals surface area contributed by atoms with Crippen molar-refractivity contribution in [3.63, 3.8) is 0 Å². The van der Waals surface area contributed by atoms with E-state index in [0.717, 1.165) is 0 Å². The lowest BCUT2D eigenvalue weighted by Gasteiger charge is -2.15. The Hall–Kier alpha value is -1.75. The van der Waals surface area contributed by atoms with Crippen LogP contribution >= 0.6 is 0 Å². The van der Waals surface area contributed by atoms with Crippen molar-refractivity contribution in [1.29, 1.82) is 0 Å². The summed E-state index contributed by atoms with van der Waals surface area (Å²) in [5, 5.41) is 11.5. The van der Waals surface area contributed by atoms with Gasteiger partial charge in [0.25, 0.3) is 0 Å². The molecule has 0 saturated heterocycles. The van der Waals surface area contributed by atoms with Gasteiger partial charge in [0.1, 0.15) is 5.75 Å². The summed E-state index contributed by atoms with van der Waals surface area (Å²) in [5.41, 5.74) is 6.02. The van der Waals surface area contributed by atoms with E-state index in [1.54, 1.807) is 31.2 Å². The van der Waals surface area contributed by atoms with E-state index in [4.69, 9.17) is 20.4 Å². The molecule has 1 unspecified atom stereocenters. The monoisotopic (exact) mass is 210 g/mol. The topological polar surface area (TPSA) is 77.1 Å². The Balaban J connectivity index is 2.96. The third-order valence-corrected chi connectivity index (χ3v) is 1.90. The van der Waals surface area contributed by atoms with Gasteiger partial charge in [0.05, 0.1) is 5.56 Å². The number of oxime groups is 1. The first kappa shape index (κ1) is 11.3. The summed E-state index contributed by atoms with van der Waals surface area (Å²) in [5.74, 6) is 0.524. The van der Waals surface area contributed by atoms with Gasteiger partial charge in [0.15, 0.2) is 12.1 Å². The third-order valence-electron chi connectivity index (χ3n) is 1.90. The molecule has 0 aliphatic heterocycles. The number of nitrogens with zero attached hydrogens (tertiary/aromatic N) is 1. The van der Waals surface area contributed by atoms with Crippen LogP contribution in [0.4, 0.5) is 0 Å². The Labute approximate surface area is 88.1 Å². The van der Waals surface area contributed by atoms with E-state index < -0.39 is 6.29 Å². The Kier molecular flexibility index (Phi) is 3.93. The van der Waals surface area contributed by atoms with E-state index in [0.29, 0.717) is 11.3 Å². The van der Waals surface area contributed by atoms with Crippen LogP contribution in [0.3, 0.4) is 0 Å². The smallest absolute Gasteiger partial charge is 0.196 e. The van der Waals surface area contributed by atoms with Crippen molar-refractivity contribution in [1.82, 2.24) is 0 Å². The fourth-order valence-electron chi connectivity index (χ4n) is 1.06. The molecule has 82 valence electrons. The molecule has 0 amide bonds. The van der Waals surface area contributed by atoms with Crippen molar-refractivity contribution >= 4 is 5.84 Å². The van der Waals surface area contributed by atoms with Crippen LogP contribution < -0.4 is 10.5 Å². The second-order valence-corrected chi connectivity index (χ2v) is 2.90. The van der Waals surface area contributed by atoms with Crippen LogP contribution in [0, 0.1) is 0 Å². The summed E-state index contributed by atoms with van der Waals surface area (Å²) in [6.07, 6.45) is -0.391. The van der Waals surface area contributed by atoms with Crippen molar-refractivity contribution < 1.29 is 14.7 Å². The second-order valence-electron chi connectivity index (χ2n) is 2.90. The van der Waals surface area contributed by atoms with E-state index >= 15 is 0 Å². The number of methoxy groups -OCH3 is 1. The molecule has 3 N–H and O–H groups in total. The maximum Gasteiger partial charge on any atom is 0.196 e. The van der Waals surface area contributed by atoms with Crippen LogP contribution in [0.1, 0.15) is 12.5 Å². The van der Waals surface area contributed by atoms with Gasteiger partial charge in [-0.25, -0.2) is 0 Å². The van der Waals surface area contributed by atoms with Gasteiger partial charge in [0, 0.05) is 7.11 Å². The summed E-state index contributed by atoms with van der Waals surface area (Å²) in [4.78, 5) is 0. The fourth-order valence-corrected chi connectivity index (χ4v) is 1.06. The van der Waals surface area contributed by atoms with Crippen LogP contribution in [0.5, 0.6) is 5.75 Å². The first-order valence-corrected chi connectivity index (χ1v) is 4.45. The number of amidine groups is 1. The lowest BCUT2D eigenvalue weighted by molar-refractivity contribution is -0.0383. The van der Waals surface area contributed by atoms with Crippen LogP contribution in [0.15, 0.2) is 29.4 Å². The van der Waals surface area contributed by atoms with E-state index in [2.05, 4.69) is 5.16 Å². The van der Waals surface area contributed by atoms with E-state index in [9.17, 15) is 0 Å². The van der Waals surface area contributed by atoms with Crippen molar-refractivity contribution in [3.05, 3.63) is 29.8 Å². The highest BCUT2D eigenvalue weighted by Crippen LogP contribution is 2.18. The lowest BCUT2D eigenvalue weighted by atomic mass is 10.2. The molecule has 1 aromatic carbocycles. The molecule has 5 heteroatoms. The van der Waals surface area contributed by atoms with Gasteiger partial charge in [-0.15, -0.1) is 0 Å². The minimum Gasteiger partial charge on any atom is -0.465 e. The van der Waals surface area contributed by atoms with Crippen molar-refractivity contribution in [2.45, 2.75) is 13.2 Å². The zero-order valence-corrected chi connectivity index (χ0v) is 8.68. The average molecular weight is 210 g/mol. The largest absolute Gasteiger partial charge is 0.465 e. The highest BCUT2D eigenvalue weighted by molar-refractivity contribution is 5.99. The predicted molar refractivity (Wildman–Crippen MR) is 56.1 cm³/mol. The SMILES string of the molecule is COC(C)Oc1ccccc1/C(N)=N/O. The summed E-state index contributed by atoms with van der Waals surface area (Å²) < 4.78 is 10.4. The molecule has 0 fully saturated rings. The maximum atomic E-state index is 8.58. The van der Waals surface area contributed by atoms with Gasteiger partial charge in [-0.2, -0.15) is 0 Å². The molecular weight excluding hydrogens is 196 g/mol. The van der Waals surface area contributed by atoms with Gasteiger partial charge >= 0.3 is 0 Å². The molecule has 5 nitrogen and oxygen atoms in total. The molecule has 0 bridgehead atoms. The van der Waals surface area contributed by atoms with Crippen LogP contribution in [0.2, 0.25) is 0 Å². The zero-order valence-electron chi connectivity index (χ0n) is 8.68. The van der Waals surface area contributed by atoms with E-state index in [-0.39, 0.29) is 5.84 Å². The standard InChI is InChI=1S/C10H14N2O3/c1-7(14-2)15-9-6-4-3-5-8(9)10(11)12-13/h3-7,13H,1-2H3,(H2,11,12). The number of nitrogens with two attached hydrogens (primary N) is 1. The molecule has 15 heavy (non-hydrogen) atoms. The van der Waals surface area contributed by atoms with Crippen LogP contribution in [-0.4, -0.2) is 24.4 Å². The minimum absolute atomic E-state index is 0.00824. The van der Waals surface area contributed by atoms with Crippen LogP contribution in [0.25, 0.3) is 0 Å². The molecule has 0 aromatic heterocycles. The first-order chi connectivity index (χ1) is 7.19. The number of hydrogen-bond donors (Lipinski definition) is 2. The highest BCUT2D eigenvalue weighted by atomic mass is 16.7. The van der Waals surface area contributed by atoms with Crippen LogP contribution in [-0.2, 0) is 4.74 Å². The molecule has 0 spiro atoms. The quantitative estimate of drug-likeness (QED) is 0.257. The molecule has 0 radical (unpaired) electrons. The normalized spacial score (nSPS) is 13.6. The predicted octanol–water partition coefficient (Wildman–Crippen LogP) is 1.15. The molecular formula is C10H14N2O3. The second kappa shape index (κ2) is 5.21. The molecule has 1 rings (SSSR count). The number of ether oxygens (including phenoxy) is 2. The number of benzene rings is 1. The van der Waals surface area contributed by atoms with Crippen molar-refractivity contribution in [2.24, 2.45) is 10.9 Å². The fraction of sp³-hybridized carbons (Fsp3) is 0.300. The molecule has 0 aliphatic rings. The molecule has 0 aliphatic carbocycles. The van der Waals surface area contributed by atoms with Gasteiger partial charge in [-0.05, 0) is 19.1 Å². The van der Waals surface area contributed by atoms with E-state index in [1.807, 2.05) is 0 Å². The molecule has 0 saturated carbocycles. The Morgan fingerprint density at radius 1 is 1.47 bits per heavy atom. The minimum atomic E-state index is -0.391. The first-order valence-electron chi connectivity index (χ1n) is 4.45. The molecule has 0 heterocycles. The van der Waals surface area contributed by atoms with Gasteiger partial charge in [-0.1, -0.05) is 17.3 Å². The average Bonchev–Trinajstić information content (AvgIpc) is 2.28. The maximum absolute atomic E-state index is 8.58. The number of hydrogen-bond acceptors (Lipinski definition) is 4. The van der Waals surface area contributed by atoms with E-state index in [1.165, 1.54) is 7.11 Å². The van der Waals surface area contributed by atoms with Gasteiger partial charge in [0.2, 0.25) is 0 Å². The van der Waals surface area contributed by atoms with Crippen molar-refractivity contribution in [3.8, 4) is 5.75 Å². The number of para-hydroxylation sites is 1. The summed E-state index contributed by atoms with van der Waals surface area (Å²) in [7, 11) is 1.54. The summed E-state index contributed by atoms with van der Waals surface area (Å²) >= 11 is 0. The van der Waals surface area contributed by atoms with Crippen molar-refractivity contribution in [2.75, 3.05) is 7.11 Å². The van der Waals surface area contributed by atoms with Gasteiger partial charge < -0.3 is 20.4 Å². The summed E-state index contributed by atoms with van der Waals surface area (Å²) in [6, 6.07) is 7.00. The lowest BCUT2D eigenvalue weighted by Crippen LogP contribution is -2.19. The molecule has 1 aromatic rings. The number of rotatable bonds is 4. The Morgan fingerprint density at radius 3 is 2.73 bits per heavy atom. The Bertz CT molecular complexity index is 352. The molecule has 1 atom stereocenters. The zero-order chi connectivity index (χ0) is 11.3. The highest BCUT2D eigenvalue weighted by Gasteiger charge is 2.09. The van der Waals surface area contributed by atoms with Gasteiger partial charge in [-0.3, -0.25) is 0 Å².